The zero-order valence-corrected chi connectivity index (χ0v) is 11.5. The van der Waals surface area contributed by atoms with E-state index in [4.69, 9.17) is 0 Å². The van der Waals surface area contributed by atoms with E-state index in [2.05, 4.69) is 20.1 Å². The minimum atomic E-state index is -0.524. The van der Waals surface area contributed by atoms with E-state index in [1.807, 2.05) is 29.1 Å². The molecule has 0 radical (unpaired) electrons. The molecule has 4 heterocycles. The molecule has 0 saturated carbocycles. The molecule has 0 unspecified atom stereocenters. The van der Waals surface area contributed by atoms with Crippen molar-refractivity contribution < 1.29 is 4.39 Å². The van der Waals surface area contributed by atoms with E-state index in [1.165, 1.54) is 6.07 Å². The summed E-state index contributed by atoms with van der Waals surface area (Å²) in [6, 6.07) is 8.38. The van der Waals surface area contributed by atoms with Crippen molar-refractivity contribution in [1.29, 1.82) is 0 Å². The second-order valence-electron chi connectivity index (χ2n) is 4.78. The van der Waals surface area contributed by atoms with Crippen molar-refractivity contribution in [1.82, 2.24) is 29.1 Å². The number of nitrogens with zero attached hydrogens (tertiary/aromatic N) is 6. The Morgan fingerprint density at radius 2 is 2.00 bits per heavy atom. The van der Waals surface area contributed by atoms with Crippen LogP contribution >= 0.6 is 0 Å². The van der Waals surface area contributed by atoms with Gasteiger partial charge in [-0.2, -0.15) is 9.49 Å². The first-order valence-electron chi connectivity index (χ1n) is 6.73. The molecule has 0 saturated heterocycles. The normalized spacial score (nSPS) is 11.1. The molecule has 6 nitrogen and oxygen atoms in total. The Labute approximate surface area is 124 Å². The lowest BCUT2D eigenvalue weighted by molar-refractivity contribution is 0.584. The number of fused-ring (bicyclic) bond motifs is 1. The average Bonchev–Trinajstić information content (AvgIpc) is 3.13. The zero-order chi connectivity index (χ0) is 14.9. The predicted octanol–water partition coefficient (Wildman–Crippen LogP) is 2.18. The van der Waals surface area contributed by atoms with Gasteiger partial charge in [0.15, 0.2) is 11.5 Å². The predicted molar refractivity (Wildman–Crippen MR) is 77.5 cm³/mol. The first-order chi connectivity index (χ1) is 10.8. The number of halogens is 1. The third kappa shape index (κ3) is 2.22. The molecule has 108 valence electrons. The lowest BCUT2D eigenvalue weighted by atomic mass is 10.3. The molecule has 0 amide bonds. The van der Waals surface area contributed by atoms with Crippen molar-refractivity contribution in [2.45, 2.75) is 6.54 Å². The summed E-state index contributed by atoms with van der Waals surface area (Å²) in [6.45, 7) is 0.511. The van der Waals surface area contributed by atoms with Crippen LogP contribution in [-0.4, -0.2) is 29.1 Å². The van der Waals surface area contributed by atoms with Crippen LogP contribution in [0.1, 0.15) is 5.69 Å². The molecule has 0 spiro atoms. The largest absolute Gasteiger partial charge is 0.324 e. The highest BCUT2D eigenvalue weighted by Gasteiger charge is 2.10. The van der Waals surface area contributed by atoms with Crippen LogP contribution in [0.25, 0.3) is 17.2 Å². The highest BCUT2D eigenvalue weighted by molar-refractivity contribution is 5.49. The van der Waals surface area contributed by atoms with Gasteiger partial charge in [-0.05, 0) is 24.3 Å². The number of hydrogen-bond donors (Lipinski definition) is 0. The maximum absolute atomic E-state index is 13.3. The molecule has 0 atom stereocenters. The van der Waals surface area contributed by atoms with Crippen LogP contribution < -0.4 is 0 Å². The molecule has 4 rings (SSSR count). The van der Waals surface area contributed by atoms with Gasteiger partial charge in [0.2, 0.25) is 5.95 Å². The van der Waals surface area contributed by atoms with Crippen LogP contribution in [-0.2, 0) is 6.54 Å². The Morgan fingerprint density at radius 1 is 1.05 bits per heavy atom. The monoisotopic (exact) mass is 294 g/mol. The average molecular weight is 294 g/mol. The molecule has 0 N–H and O–H groups in total. The Balaban J connectivity index is 1.70. The third-order valence-corrected chi connectivity index (χ3v) is 3.28. The molecule has 7 heteroatoms. The number of rotatable bonds is 3. The van der Waals surface area contributed by atoms with E-state index in [-0.39, 0.29) is 0 Å². The van der Waals surface area contributed by atoms with E-state index in [0.29, 0.717) is 18.1 Å². The van der Waals surface area contributed by atoms with E-state index in [9.17, 15) is 4.39 Å². The van der Waals surface area contributed by atoms with Crippen LogP contribution in [0.15, 0.2) is 55.1 Å². The Bertz CT molecular complexity index is 909. The SMILES string of the molecule is Fc1cccc(-c2nccn2Cc2cn3ncccc3n2)n1. The van der Waals surface area contributed by atoms with Gasteiger partial charge in [0.1, 0.15) is 5.69 Å². The minimum Gasteiger partial charge on any atom is -0.324 e. The van der Waals surface area contributed by atoms with Crippen molar-refractivity contribution in [3.05, 3.63) is 66.8 Å². The maximum Gasteiger partial charge on any atom is 0.213 e. The standard InChI is InChI=1S/C15H11FN6/c16-13-4-1-3-12(20-13)15-17-7-8-21(15)9-11-10-22-14(19-11)5-2-6-18-22/h1-8,10H,9H2. The lowest BCUT2D eigenvalue weighted by Crippen LogP contribution is -2.02. The molecule has 0 aliphatic carbocycles. The quantitative estimate of drug-likeness (QED) is 0.543. The van der Waals surface area contributed by atoms with Gasteiger partial charge < -0.3 is 4.57 Å². The van der Waals surface area contributed by atoms with Crippen molar-refractivity contribution in [3.8, 4) is 11.5 Å². The zero-order valence-electron chi connectivity index (χ0n) is 11.5. The molecule has 4 aromatic rings. The summed E-state index contributed by atoms with van der Waals surface area (Å²) >= 11 is 0. The van der Waals surface area contributed by atoms with E-state index >= 15 is 0 Å². The van der Waals surface area contributed by atoms with Crippen molar-refractivity contribution in [3.63, 3.8) is 0 Å². The van der Waals surface area contributed by atoms with Crippen molar-refractivity contribution in [2.75, 3.05) is 0 Å². The molecule has 0 aliphatic heterocycles. The van der Waals surface area contributed by atoms with Gasteiger partial charge in [-0.3, -0.25) is 0 Å². The molecular weight excluding hydrogens is 283 g/mol. The van der Waals surface area contributed by atoms with Crippen molar-refractivity contribution in [2.24, 2.45) is 0 Å². The minimum absolute atomic E-state index is 0.492. The molecule has 22 heavy (non-hydrogen) atoms. The van der Waals surface area contributed by atoms with Crippen molar-refractivity contribution >= 4 is 5.65 Å². The third-order valence-electron chi connectivity index (χ3n) is 3.28. The summed E-state index contributed by atoms with van der Waals surface area (Å²) in [5, 5.41) is 4.19. The number of pyridine rings is 1. The summed E-state index contributed by atoms with van der Waals surface area (Å²) in [6.07, 6.45) is 7.05. The van der Waals surface area contributed by atoms with Gasteiger partial charge in [-0.25, -0.2) is 19.5 Å². The van der Waals surface area contributed by atoms with Gasteiger partial charge in [0.25, 0.3) is 0 Å². The fourth-order valence-electron chi connectivity index (χ4n) is 2.33. The lowest BCUT2D eigenvalue weighted by Gasteiger charge is -2.05. The van der Waals surface area contributed by atoms with Crippen LogP contribution in [0.3, 0.4) is 0 Å². The van der Waals surface area contributed by atoms with Gasteiger partial charge in [-0.1, -0.05) is 6.07 Å². The highest BCUT2D eigenvalue weighted by Crippen LogP contribution is 2.16. The van der Waals surface area contributed by atoms with Gasteiger partial charge in [0.05, 0.1) is 18.4 Å². The fourth-order valence-corrected chi connectivity index (χ4v) is 2.33. The first-order valence-corrected chi connectivity index (χ1v) is 6.73. The Kier molecular flexibility index (Phi) is 2.89. The van der Waals surface area contributed by atoms with E-state index in [1.54, 1.807) is 29.0 Å². The first kappa shape index (κ1) is 12.6. The summed E-state index contributed by atoms with van der Waals surface area (Å²) in [5.74, 6) is 0.0773. The van der Waals surface area contributed by atoms with Crippen LogP contribution in [0.2, 0.25) is 0 Å². The Hall–Kier alpha value is -3.09. The van der Waals surface area contributed by atoms with Crippen LogP contribution in [0.5, 0.6) is 0 Å². The second kappa shape index (κ2) is 5.03. The van der Waals surface area contributed by atoms with Crippen LogP contribution in [0.4, 0.5) is 4.39 Å². The summed E-state index contributed by atoms with van der Waals surface area (Å²) in [5.41, 5.74) is 2.12. The van der Waals surface area contributed by atoms with Gasteiger partial charge >= 0.3 is 0 Å². The topological polar surface area (TPSA) is 60.9 Å². The molecule has 0 bridgehead atoms. The molecule has 0 aliphatic rings. The summed E-state index contributed by atoms with van der Waals surface area (Å²) in [4.78, 5) is 12.6. The fraction of sp³-hybridized carbons (Fsp3) is 0.0667. The van der Waals surface area contributed by atoms with E-state index < -0.39 is 5.95 Å². The highest BCUT2D eigenvalue weighted by atomic mass is 19.1. The number of aromatic nitrogens is 6. The molecule has 4 aromatic heterocycles. The second-order valence-corrected chi connectivity index (χ2v) is 4.78. The summed E-state index contributed by atoms with van der Waals surface area (Å²) < 4.78 is 16.9. The Morgan fingerprint density at radius 3 is 2.86 bits per heavy atom. The summed E-state index contributed by atoms with van der Waals surface area (Å²) in [7, 11) is 0. The number of hydrogen-bond acceptors (Lipinski definition) is 4. The smallest absolute Gasteiger partial charge is 0.213 e. The molecule has 0 fully saturated rings. The van der Waals surface area contributed by atoms with E-state index in [0.717, 1.165) is 11.3 Å². The van der Waals surface area contributed by atoms with Gasteiger partial charge in [0, 0.05) is 18.6 Å². The number of imidazole rings is 2. The maximum atomic E-state index is 13.3. The molecule has 0 aromatic carbocycles. The molecular formula is C15H11FN6. The van der Waals surface area contributed by atoms with Gasteiger partial charge in [-0.15, -0.1) is 0 Å². The van der Waals surface area contributed by atoms with Crippen LogP contribution in [0, 0.1) is 5.95 Å².